The summed E-state index contributed by atoms with van der Waals surface area (Å²) < 4.78 is 0. The number of hydrogen-bond acceptors (Lipinski definition) is 3. The Labute approximate surface area is 97.1 Å². The number of aromatic nitrogens is 1. The molecule has 0 saturated carbocycles. The number of hydrogen-bond donors (Lipinski definition) is 1. The Balaban J connectivity index is 2.74. The molecule has 0 spiro atoms. The average molecular weight is 226 g/mol. The quantitative estimate of drug-likeness (QED) is 0.835. The number of aryl methyl sites for hydroxylation is 1. The lowest BCUT2D eigenvalue weighted by atomic mass is 9.75. The molecule has 1 N–H and O–H groups in total. The van der Waals surface area contributed by atoms with E-state index in [1.54, 1.807) is 11.3 Å². The van der Waals surface area contributed by atoms with Crippen molar-refractivity contribution in [3.05, 3.63) is 16.1 Å². The maximum absolute atomic E-state index is 4.55. The molecule has 3 heteroatoms. The van der Waals surface area contributed by atoms with Crippen molar-refractivity contribution in [1.82, 2.24) is 10.3 Å². The fourth-order valence-electron chi connectivity index (χ4n) is 1.78. The van der Waals surface area contributed by atoms with E-state index in [1.807, 2.05) is 7.05 Å². The van der Waals surface area contributed by atoms with Crippen molar-refractivity contribution >= 4 is 11.3 Å². The molecular weight excluding hydrogens is 204 g/mol. The summed E-state index contributed by atoms with van der Waals surface area (Å²) in [6, 6.07) is 0. The first-order chi connectivity index (χ1) is 6.98. The van der Waals surface area contributed by atoms with Gasteiger partial charge in [0.15, 0.2) is 0 Å². The zero-order chi connectivity index (χ0) is 11.5. The molecule has 86 valence electrons. The molecule has 0 aliphatic heterocycles. The van der Waals surface area contributed by atoms with Crippen molar-refractivity contribution in [2.24, 2.45) is 11.3 Å². The predicted octanol–water partition coefficient (Wildman–Crippen LogP) is 2.88. The van der Waals surface area contributed by atoms with Crippen LogP contribution in [0.4, 0.5) is 0 Å². The van der Waals surface area contributed by atoms with Crippen LogP contribution in [0.1, 0.15) is 31.5 Å². The Bertz CT molecular complexity index is 306. The second kappa shape index (κ2) is 5.08. The molecule has 0 bridgehead atoms. The van der Waals surface area contributed by atoms with Crippen LogP contribution in [0.5, 0.6) is 0 Å². The highest BCUT2D eigenvalue weighted by molar-refractivity contribution is 7.09. The summed E-state index contributed by atoms with van der Waals surface area (Å²) >= 11 is 1.74. The summed E-state index contributed by atoms with van der Waals surface area (Å²) in [5, 5.41) is 6.65. The van der Waals surface area contributed by atoms with Gasteiger partial charge in [-0.1, -0.05) is 20.8 Å². The van der Waals surface area contributed by atoms with Crippen LogP contribution in [0.25, 0.3) is 0 Å². The van der Waals surface area contributed by atoms with Crippen molar-refractivity contribution in [1.29, 1.82) is 0 Å². The SMILES string of the molecule is CNCC(C)(Cc1csc(C)n1)C(C)C. The third kappa shape index (κ3) is 3.28. The second-order valence-corrected chi connectivity index (χ2v) is 5.94. The molecule has 0 aliphatic carbocycles. The van der Waals surface area contributed by atoms with E-state index in [0.717, 1.165) is 13.0 Å². The molecular formula is C12H22N2S. The fourth-order valence-corrected chi connectivity index (χ4v) is 2.39. The topological polar surface area (TPSA) is 24.9 Å². The van der Waals surface area contributed by atoms with E-state index in [1.165, 1.54) is 10.7 Å². The first kappa shape index (κ1) is 12.7. The highest BCUT2D eigenvalue weighted by Gasteiger charge is 2.28. The monoisotopic (exact) mass is 226 g/mol. The van der Waals surface area contributed by atoms with Crippen LogP contribution in [0.15, 0.2) is 5.38 Å². The van der Waals surface area contributed by atoms with Crippen molar-refractivity contribution in [3.63, 3.8) is 0 Å². The van der Waals surface area contributed by atoms with Gasteiger partial charge in [0.25, 0.3) is 0 Å². The van der Waals surface area contributed by atoms with E-state index < -0.39 is 0 Å². The van der Waals surface area contributed by atoms with Gasteiger partial charge in [0.05, 0.1) is 10.7 Å². The van der Waals surface area contributed by atoms with Crippen molar-refractivity contribution in [2.75, 3.05) is 13.6 Å². The Morgan fingerprint density at radius 3 is 2.60 bits per heavy atom. The first-order valence-electron chi connectivity index (χ1n) is 5.53. The van der Waals surface area contributed by atoms with E-state index in [4.69, 9.17) is 0 Å². The molecule has 0 saturated heterocycles. The summed E-state index contributed by atoms with van der Waals surface area (Å²) in [6.07, 6.45) is 1.07. The minimum Gasteiger partial charge on any atom is -0.319 e. The second-order valence-electron chi connectivity index (χ2n) is 4.87. The molecule has 1 heterocycles. The Morgan fingerprint density at radius 1 is 1.53 bits per heavy atom. The van der Waals surface area contributed by atoms with Gasteiger partial charge in [-0.25, -0.2) is 4.98 Å². The zero-order valence-corrected chi connectivity index (χ0v) is 11.2. The number of thiazole rings is 1. The smallest absolute Gasteiger partial charge is 0.0897 e. The molecule has 1 atom stereocenters. The van der Waals surface area contributed by atoms with E-state index in [-0.39, 0.29) is 0 Å². The molecule has 0 amide bonds. The molecule has 0 aliphatic rings. The third-order valence-electron chi connectivity index (χ3n) is 3.23. The summed E-state index contributed by atoms with van der Waals surface area (Å²) in [5.41, 5.74) is 1.54. The molecule has 1 aromatic heterocycles. The summed E-state index contributed by atoms with van der Waals surface area (Å²) in [7, 11) is 2.02. The zero-order valence-electron chi connectivity index (χ0n) is 10.4. The van der Waals surface area contributed by atoms with Crippen molar-refractivity contribution in [3.8, 4) is 0 Å². The molecule has 0 radical (unpaired) electrons. The van der Waals surface area contributed by atoms with Gasteiger partial charge in [0, 0.05) is 11.9 Å². The van der Waals surface area contributed by atoms with E-state index in [2.05, 4.69) is 43.4 Å². The normalized spacial score (nSPS) is 15.6. The van der Waals surface area contributed by atoms with Gasteiger partial charge >= 0.3 is 0 Å². The lowest BCUT2D eigenvalue weighted by Crippen LogP contribution is -2.36. The van der Waals surface area contributed by atoms with E-state index >= 15 is 0 Å². The van der Waals surface area contributed by atoms with Crippen LogP contribution in [0.2, 0.25) is 0 Å². The van der Waals surface area contributed by atoms with Gasteiger partial charge in [-0.2, -0.15) is 0 Å². The van der Waals surface area contributed by atoms with Crippen LogP contribution < -0.4 is 5.32 Å². The lowest BCUT2D eigenvalue weighted by Gasteiger charge is -2.33. The van der Waals surface area contributed by atoms with E-state index in [9.17, 15) is 0 Å². The highest BCUT2D eigenvalue weighted by atomic mass is 32.1. The highest BCUT2D eigenvalue weighted by Crippen LogP contribution is 2.30. The Hall–Kier alpha value is -0.410. The van der Waals surface area contributed by atoms with Crippen molar-refractivity contribution in [2.45, 2.75) is 34.1 Å². The molecule has 2 nitrogen and oxygen atoms in total. The maximum Gasteiger partial charge on any atom is 0.0897 e. The lowest BCUT2D eigenvalue weighted by molar-refractivity contribution is 0.211. The minimum atomic E-state index is 0.301. The van der Waals surface area contributed by atoms with Gasteiger partial charge in [-0.05, 0) is 31.7 Å². The minimum absolute atomic E-state index is 0.301. The molecule has 0 fully saturated rings. The van der Waals surface area contributed by atoms with Gasteiger partial charge in [-0.3, -0.25) is 0 Å². The van der Waals surface area contributed by atoms with Crippen LogP contribution >= 0.6 is 11.3 Å². The van der Waals surface area contributed by atoms with Crippen LogP contribution in [0.3, 0.4) is 0 Å². The van der Waals surface area contributed by atoms with E-state index in [0.29, 0.717) is 11.3 Å². The maximum atomic E-state index is 4.55. The average Bonchev–Trinajstić information content (AvgIpc) is 2.51. The first-order valence-corrected chi connectivity index (χ1v) is 6.41. The molecule has 15 heavy (non-hydrogen) atoms. The number of nitrogens with zero attached hydrogens (tertiary/aromatic N) is 1. The Morgan fingerprint density at radius 2 is 2.20 bits per heavy atom. The molecule has 1 rings (SSSR count). The van der Waals surface area contributed by atoms with Crippen molar-refractivity contribution < 1.29 is 0 Å². The van der Waals surface area contributed by atoms with Gasteiger partial charge in [0.1, 0.15) is 0 Å². The van der Waals surface area contributed by atoms with Crippen LogP contribution in [-0.4, -0.2) is 18.6 Å². The summed E-state index contributed by atoms with van der Waals surface area (Å²) in [6.45, 7) is 10.0. The van der Waals surface area contributed by atoms with Crippen LogP contribution in [0, 0.1) is 18.3 Å². The standard InChI is InChI=1S/C12H22N2S/c1-9(2)12(4,8-13-5)6-11-7-15-10(3)14-11/h7,9,13H,6,8H2,1-5H3. The number of nitrogens with one attached hydrogen (secondary N) is 1. The number of rotatable bonds is 5. The molecule has 1 aromatic rings. The van der Waals surface area contributed by atoms with Crippen LogP contribution in [-0.2, 0) is 6.42 Å². The van der Waals surface area contributed by atoms with Gasteiger partial charge < -0.3 is 5.32 Å². The third-order valence-corrected chi connectivity index (χ3v) is 4.05. The Kier molecular flexibility index (Phi) is 4.29. The summed E-state index contributed by atoms with van der Waals surface area (Å²) in [5.74, 6) is 0.659. The molecule has 0 aromatic carbocycles. The largest absolute Gasteiger partial charge is 0.319 e. The predicted molar refractivity (Wildman–Crippen MR) is 67.4 cm³/mol. The summed E-state index contributed by atoms with van der Waals surface area (Å²) in [4.78, 5) is 4.55. The van der Waals surface area contributed by atoms with Gasteiger partial charge in [0.2, 0.25) is 0 Å². The molecule has 1 unspecified atom stereocenters. The van der Waals surface area contributed by atoms with Gasteiger partial charge in [-0.15, -0.1) is 11.3 Å². The fraction of sp³-hybridized carbons (Fsp3) is 0.750.